The summed E-state index contributed by atoms with van der Waals surface area (Å²) in [5, 5.41) is 0. The minimum Gasteiger partial charge on any atom is -0.310 e. The molecule has 6 aliphatic carbocycles. The molecule has 2 bridgehead atoms. The van der Waals surface area contributed by atoms with E-state index in [1.165, 1.54) is 109 Å². The molecule has 6 aliphatic rings. The van der Waals surface area contributed by atoms with Gasteiger partial charge in [-0.2, -0.15) is 0 Å². The lowest BCUT2D eigenvalue weighted by atomic mass is 9.51. The van der Waals surface area contributed by atoms with Gasteiger partial charge in [0.2, 0.25) is 0 Å². The molecular formula is C53H50FN. The molecule has 6 aromatic carbocycles. The van der Waals surface area contributed by atoms with Crippen LogP contribution in [0.2, 0.25) is 0 Å². The summed E-state index contributed by atoms with van der Waals surface area (Å²) in [6.45, 7) is 5.15. The van der Waals surface area contributed by atoms with Crippen LogP contribution in [0.5, 0.6) is 0 Å². The molecule has 4 fully saturated rings. The van der Waals surface area contributed by atoms with Gasteiger partial charge in [-0.15, -0.1) is 0 Å². The van der Waals surface area contributed by atoms with E-state index in [2.05, 4.69) is 128 Å². The second-order valence-electron chi connectivity index (χ2n) is 17.7. The molecule has 0 radical (unpaired) electrons. The predicted molar refractivity (Wildman–Crippen MR) is 226 cm³/mol. The number of hydrogen-bond acceptors (Lipinski definition) is 1. The summed E-state index contributed by atoms with van der Waals surface area (Å²) in [4.78, 5) is 2.56. The average Bonchev–Trinajstić information content (AvgIpc) is 3.49. The molecular weight excluding hydrogens is 670 g/mol. The normalized spacial score (nSPS) is 25.3. The van der Waals surface area contributed by atoms with Gasteiger partial charge in [0, 0.05) is 27.8 Å². The molecule has 2 heteroatoms. The zero-order valence-electron chi connectivity index (χ0n) is 32.2. The average molecular weight is 720 g/mol. The zero-order valence-corrected chi connectivity index (χ0v) is 32.2. The standard InChI is InChI=1S/C53H50FN/c1-34-31-37-13-11-20-45(34)53(35(37)2)47-19-7-5-17-44(47)51-48(53)21-12-22-50(51)55(40-25-23-36(24-26-40)38-14-10-15-39(54)32-38)41-27-28-43-42-16-4-6-18-46(42)52(49(43)33-41)29-8-3-9-30-52/h4-7,10,12,14-19,21-28,32-35,37,45H,3,8-9,11,13,20,29-31H2,1-2H3/t34-,35+,37?,45?,53-/m1/s1. The number of rotatable bonds is 4. The number of nitrogens with zero attached hydrogens (tertiary/aromatic N) is 1. The molecule has 4 saturated carbocycles. The van der Waals surface area contributed by atoms with Gasteiger partial charge in [-0.1, -0.05) is 137 Å². The van der Waals surface area contributed by atoms with Crippen LogP contribution in [0, 0.1) is 29.5 Å². The van der Waals surface area contributed by atoms with E-state index in [1.807, 2.05) is 6.07 Å². The van der Waals surface area contributed by atoms with Gasteiger partial charge in [0.25, 0.3) is 0 Å². The van der Waals surface area contributed by atoms with Crippen LogP contribution in [-0.2, 0) is 10.8 Å². The second-order valence-corrected chi connectivity index (χ2v) is 17.7. The number of benzene rings is 6. The Morgan fingerprint density at radius 3 is 2.09 bits per heavy atom. The van der Waals surface area contributed by atoms with Gasteiger partial charge in [-0.3, -0.25) is 0 Å². The Balaban J connectivity index is 1.15. The maximum Gasteiger partial charge on any atom is 0.123 e. The largest absolute Gasteiger partial charge is 0.310 e. The molecule has 0 amide bonds. The maximum absolute atomic E-state index is 14.4. The summed E-state index contributed by atoms with van der Waals surface area (Å²) >= 11 is 0. The van der Waals surface area contributed by atoms with Crippen LogP contribution in [0.3, 0.4) is 0 Å². The van der Waals surface area contributed by atoms with Crippen molar-refractivity contribution in [2.75, 3.05) is 4.90 Å². The van der Waals surface area contributed by atoms with Gasteiger partial charge < -0.3 is 4.90 Å². The van der Waals surface area contributed by atoms with Gasteiger partial charge in [0.15, 0.2) is 0 Å². The molecule has 0 aromatic heterocycles. The van der Waals surface area contributed by atoms with Crippen LogP contribution in [0.25, 0.3) is 33.4 Å². The lowest BCUT2D eigenvalue weighted by Crippen LogP contribution is -2.49. The van der Waals surface area contributed by atoms with Crippen molar-refractivity contribution >= 4 is 17.1 Å². The Morgan fingerprint density at radius 1 is 0.564 bits per heavy atom. The highest BCUT2D eigenvalue weighted by molar-refractivity contribution is 5.96. The number of fused-ring (bicyclic) bond motifs is 11. The van der Waals surface area contributed by atoms with Crippen LogP contribution in [0.15, 0.2) is 133 Å². The van der Waals surface area contributed by atoms with E-state index < -0.39 is 0 Å². The van der Waals surface area contributed by atoms with E-state index in [0.29, 0.717) is 17.8 Å². The van der Waals surface area contributed by atoms with Crippen molar-refractivity contribution in [2.45, 2.75) is 82.5 Å². The first-order valence-corrected chi connectivity index (χ1v) is 21.1. The van der Waals surface area contributed by atoms with Crippen LogP contribution in [0.4, 0.5) is 21.5 Å². The molecule has 0 heterocycles. The van der Waals surface area contributed by atoms with Crippen molar-refractivity contribution in [2.24, 2.45) is 23.7 Å². The monoisotopic (exact) mass is 719 g/mol. The first-order valence-electron chi connectivity index (χ1n) is 21.1. The van der Waals surface area contributed by atoms with Crippen LogP contribution in [0.1, 0.15) is 93.9 Å². The second kappa shape index (κ2) is 12.5. The molecule has 55 heavy (non-hydrogen) atoms. The van der Waals surface area contributed by atoms with E-state index in [-0.39, 0.29) is 16.6 Å². The summed E-state index contributed by atoms with van der Waals surface area (Å²) < 4.78 is 14.4. The molecule has 6 aromatic rings. The third kappa shape index (κ3) is 4.70. The lowest BCUT2D eigenvalue weighted by molar-refractivity contribution is 0.0677. The number of hydrogen-bond donors (Lipinski definition) is 0. The van der Waals surface area contributed by atoms with Crippen LogP contribution in [-0.4, -0.2) is 0 Å². The van der Waals surface area contributed by atoms with E-state index >= 15 is 0 Å². The minimum atomic E-state index is -0.206. The maximum atomic E-state index is 14.4. The molecule has 0 aliphatic heterocycles. The Hall–Kier alpha value is -4.95. The van der Waals surface area contributed by atoms with Gasteiger partial charge in [0.05, 0.1) is 5.69 Å². The van der Waals surface area contributed by atoms with Crippen LogP contribution < -0.4 is 4.90 Å². The molecule has 12 rings (SSSR count). The van der Waals surface area contributed by atoms with Crippen molar-refractivity contribution in [3.8, 4) is 33.4 Å². The third-order valence-electron chi connectivity index (χ3n) is 15.3. The van der Waals surface area contributed by atoms with E-state index in [1.54, 1.807) is 23.3 Å². The van der Waals surface area contributed by atoms with Crippen molar-refractivity contribution in [3.05, 3.63) is 162 Å². The van der Waals surface area contributed by atoms with Gasteiger partial charge in [0.1, 0.15) is 5.82 Å². The Bertz CT molecular complexity index is 2450. The summed E-state index contributed by atoms with van der Waals surface area (Å²) in [5.74, 6) is 2.44. The fourth-order valence-electron chi connectivity index (χ4n) is 13.1. The van der Waals surface area contributed by atoms with Gasteiger partial charge >= 0.3 is 0 Å². The first-order chi connectivity index (χ1) is 27.0. The summed E-state index contributed by atoms with van der Waals surface area (Å²) in [5.41, 5.74) is 17.4. The number of anilines is 3. The Kier molecular flexibility index (Phi) is 7.61. The van der Waals surface area contributed by atoms with Crippen molar-refractivity contribution in [1.29, 1.82) is 0 Å². The predicted octanol–water partition coefficient (Wildman–Crippen LogP) is 14.6. The highest BCUT2D eigenvalue weighted by atomic mass is 19.1. The van der Waals surface area contributed by atoms with Crippen molar-refractivity contribution in [3.63, 3.8) is 0 Å². The van der Waals surface area contributed by atoms with E-state index in [9.17, 15) is 4.39 Å². The summed E-state index contributed by atoms with van der Waals surface area (Å²) in [6.07, 6.45) is 11.6. The highest BCUT2D eigenvalue weighted by Crippen LogP contribution is 2.67. The quantitative estimate of drug-likeness (QED) is 0.175. The van der Waals surface area contributed by atoms with E-state index in [0.717, 1.165) is 22.7 Å². The smallest absolute Gasteiger partial charge is 0.123 e. The zero-order chi connectivity index (χ0) is 36.9. The first kappa shape index (κ1) is 33.4. The van der Waals surface area contributed by atoms with E-state index in [4.69, 9.17) is 0 Å². The molecule has 0 N–H and O–H groups in total. The lowest BCUT2D eigenvalue weighted by Gasteiger charge is -2.52. The number of halogens is 1. The van der Waals surface area contributed by atoms with Crippen molar-refractivity contribution in [1.82, 2.24) is 0 Å². The van der Waals surface area contributed by atoms with Gasteiger partial charge in [-0.25, -0.2) is 4.39 Å². The van der Waals surface area contributed by atoms with Gasteiger partial charge in [-0.05, 0) is 142 Å². The summed E-state index contributed by atoms with van der Waals surface area (Å²) in [6, 6.07) is 49.1. The van der Waals surface area contributed by atoms with Crippen molar-refractivity contribution < 1.29 is 4.39 Å². The topological polar surface area (TPSA) is 3.24 Å². The minimum absolute atomic E-state index is 0.0133. The molecule has 2 unspecified atom stereocenters. The molecule has 274 valence electrons. The molecule has 1 nitrogen and oxygen atoms in total. The molecule has 0 saturated heterocycles. The Morgan fingerprint density at radius 2 is 1.27 bits per heavy atom. The summed E-state index contributed by atoms with van der Waals surface area (Å²) in [7, 11) is 0. The highest BCUT2D eigenvalue weighted by Gasteiger charge is 2.59. The fraction of sp³-hybridized carbons (Fsp3) is 0.321. The molecule has 5 atom stereocenters. The fourth-order valence-corrected chi connectivity index (χ4v) is 13.1. The van der Waals surface area contributed by atoms with Crippen LogP contribution >= 0.6 is 0 Å². The SMILES string of the molecule is C[C@@H]1CC2CCCC1[C@@]1(c3ccccc3-c3c(N(c4ccc(-c5cccc(F)c5)cc4)c4ccc5c(c4)C4(CCCCC4)c4ccccc4-5)cccc31)[C@H]2C. The third-order valence-corrected chi connectivity index (χ3v) is 15.3. The Labute approximate surface area is 326 Å². The molecule has 2 spiro atoms.